The minimum atomic E-state index is -3.93. The number of anilines is 1. The molecule has 33 heavy (non-hydrogen) atoms. The van der Waals surface area contributed by atoms with E-state index in [0.717, 1.165) is 11.1 Å². The van der Waals surface area contributed by atoms with Crippen molar-refractivity contribution >= 4 is 33.2 Å². The number of benzene rings is 3. The van der Waals surface area contributed by atoms with Crippen molar-refractivity contribution in [2.45, 2.75) is 25.3 Å². The standard InChI is InChI=1S/C24H25ClN2O5S/c1-15-5-6-18(11-16(15)2)27-33(29,30)20-8-9-22(25)21(13-20)24(28)26-14-17-12-19(31-3)7-10-23(17)32-4/h5-13,27H,14H2,1-4H3,(H,26,28). The third kappa shape index (κ3) is 5.77. The summed E-state index contributed by atoms with van der Waals surface area (Å²) in [4.78, 5) is 12.8. The number of aryl methyl sites for hydroxylation is 2. The van der Waals surface area contributed by atoms with Gasteiger partial charge in [-0.1, -0.05) is 17.7 Å². The molecule has 0 heterocycles. The third-order valence-electron chi connectivity index (χ3n) is 5.18. The molecule has 0 unspecified atom stereocenters. The Balaban J connectivity index is 1.82. The van der Waals surface area contributed by atoms with Crippen molar-refractivity contribution in [3.05, 3.63) is 81.9 Å². The molecule has 0 saturated carbocycles. The lowest BCUT2D eigenvalue weighted by molar-refractivity contribution is 0.0950. The van der Waals surface area contributed by atoms with Gasteiger partial charge in [0.25, 0.3) is 15.9 Å². The van der Waals surface area contributed by atoms with Crippen LogP contribution in [0.3, 0.4) is 0 Å². The summed E-state index contributed by atoms with van der Waals surface area (Å²) >= 11 is 6.21. The van der Waals surface area contributed by atoms with Crippen LogP contribution in [0.2, 0.25) is 5.02 Å². The van der Waals surface area contributed by atoms with E-state index in [1.165, 1.54) is 25.3 Å². The first-order valence-corrected chi connectivity index (χ1v) is 11.9. The summed E-state index contributed by atoms with van der Waals surface area (Å²) in [5.41, 5.74) is 3.18. The van der Waals surface area contributed by atoms with Crippen molar-refractivity contribution in [3.8, 4) is 11.5 Å². The van der Waals surface area contributed by atoms with Gasteiger partial charge in [0.15, 0.2) is 0 Å². The molecule has 0 bridgehead atoms. The highest BCUT2D eigenvalue weighted by atomic mass is 35.5. The Morgan fingerprint density at radius 3 is 2.36 bits per heavy atom. The number of rotatable bonds is 8. The molecule has 0 spiro atoms. The highest BCUT2D eigenvalue weighted by molar-refractivity contribution is 7.92. The summed E-state index contributed by atoms with van der Waals surface area (Å²) in [7, 11) is -0.856. The Kier molecular flexibility index (Phi) is 7.50. The van der Waals surface area contributed by atoms with Crippen molar-refractivity contribution < 1.29 is 22.7 Å². The van der Waals surface area contributed by atoms with E-state index in [1.807, 2.05) is 19.9 Å². The maximum absolute atomic E-state index is 12.9. The van der Waals surface area contributed by atoms with Crippen LogP contribution in [0.25, 0.3) is 0 Å². The van der Waals surface area contributed by atoms with Gasteiger partial charge in [-0.3, -0.25) is 9.52 Å². The number of ether oxygens (including phenoxy) is 2. The molecule has 0 atom stereocenters. The average molecular weight is 489 g/mol. The minimum absolute atomic E-state index is 0.0430. The van der Waals surface area contributed by atoms with Crippen LogP contribution in [0.15, 0.2) is 59.5 Å². The molecule has 174 valence electrons. The molecule has 7 nitrogen and oxygen atoms in total. The van der Waals surface area contributed by atoms with Crippen molar-refractivity contribution in [1.82, 2.24) is 5.32 Å². The van der Waals surface area contributed by atoms with Gasteiger partial charge in [0.2, 0.25) is 0 Å². The maximum atomic E-state index is 12.9. The second kappa shape index (κ2) is 10.1. The molecule has 3 aromatic carbocycles. The lowest BCUT2D eigenvalue weighted by Crippen LogP contribution is -2.24. The second-order valence-electron chi connectivity index (χ2n) is 7.41. The maximum Gasteiger partial charge on any atom is 0.261 e. The zero-order valence-corrected chi connectivity index (χ0v) is 20.3. The SMILES string of the molecule is COc1ccc(OC)c(CNC(=O)c2cc(S(=O)(=O)Nc3ccc(C)c(C)c3)ccc2Cl)c1. The molecular formula is C24H25ClN2O5S. The smallest absolute Gasteiger partial charge is 0.261 e. The summed E-state index contributed by atoms with van der Waals surface area (Å²) in [5, 5.41) is 2.88. The van der Waals surface area contributed by atoms with Gasteiger partial charge < -0.3 is 14.8 Å². The molecule has 0 aromatic heterocycles. The summed E-state index contributed by atoms with van der Waals surface area (Å²) in [6.07, 6.45) is 0. The number of carbonyl (C=O) groups excluding carboxylic acids is 1. The van der Waals surface area contributed by atoms with Crippen LogP contribution in [0.1, 0.15) is 27.0 Å². The first kappa shape index (κ1) is 24.4. The van der Waals surface area contributed by atoms with E-state index >= 15 is 0 Å². The van der Waals surface area contributed by atoms with Crippen LogP contribution in [0.4, 0.5) is 5.69 Å². The van der Waals surface area contributed by atoms with Gasteiger partial charge in [-0.25, -0.2) is 8.42 Å². The van der Waals surface area contributed by atoms with E-state index < -0.39 is 15.9 Å². The number of hydrogen-bond donors (Lipinski definition) is 2. The van der Waals surface area contributed by atoms with Gasteiger partial charge in [0.1, 0.15) is 11.5 Å². The van der Waals surface area contributed by atoms with Crippen LogP contribution in [-0.4, -0.2) is 28.5 Å². The molecule has 0 aliphatic rings. The molecule has 0 aliphatic heterocycles. The van der Waals surface area contributed by atoms with Gasteiger partial charge in [0.05, 0.1) is 29.7 Å². The molecule has 0 radical (unpaired) electrons. The highest BCUT2D eigenvalue weighted by Gasteiger charge is 2.19. The minimum Gasteiger partial charge on any atom is -0.497 e. The normalized spacial score (nSPS) is 11.1. The molecule has 9 heteroatoms. The number of carbonyl (C=O) groups is 1. The van der Waals surface area contributed by atoms with Crippen LogP contribution in [-0.2, 0) is 16.6 Å². The second-order valence-corrected chi connectivity index (χ2v) is 9.50. The van der Waals surface area contributed by atoms with E-state index in [9.17, 15) is 13.2 Å². The molecule has 3 rings (SSSR count). The number of methoxy groups -OCH3 is 2. The third-order valence-corrected chi connectivity index (χ3v) is 6.89. The fourth-order valence-corrected chi connectivity index (χ4v) is 4.43. The zero-order valence-electron chi connectivity index (χ0n) is 18.7. The van der Waals surface area contributed by atoms with Gasteiger partial charge in [-0.2, -0.15) is 0 Å². The molecule has 1 amide bonds. The Morgan fingerprint density at radius 2 is 1.70 bits per heavy atom. The van der Waals surface area contributed by atoms with E-state index in [1.54, 1.807) is 37.4 Å². The highest BCUT2D eigenvalue weighted by Crippen LogP contribution is 2.26. The van der Waals surface area contributed by atoms with Crippen LogP contribution >= 0.6 is 11.6 Å². The van der Waals surface area contributed by atoms with Gasteiger partial charge in [0, 0.05) is 17.8 Å². The lowest BCUT2D eigenvalue weighted by atomic mass is 10.1. The number of halogens is 1. The van der Waals surface area contributed by atoms with E-state index in [4.69, 9.17) is 21.1 Å². The van der Waals surface area contributed by atoms with Crippen LogP contribution in [0.5, 0.6) is 11.5 Å². The van der Waals surface area contributed by atoms with Crippen LogP contribution in [0, 0.1) is 13.8 Å². The first-order chi connectivity index (χ1) is 15.6. The number of hydrogen-bond acceptors (Lipinski definition) is 5. The van der Waals surface area contributed by atoms with Crippen LogP contribution < -0.4 is 19.5 Å². The van der Waals surface area contributed by atoms with Crippen molar-refractivity contribution in [2.75, 3.05) is 18.9 Å². The van der Waals surface area contributed by atoms with E-state index in [0.29, 0.717) is 22.7 Å². The van der Waals surface area contributed by atoms with Gasteiger partial charge >= 0.3 is 0 Å². The van der Waals surface area contributed by atoms with Gasteiger partial charge in [-0.15, -0.1) is 0 Å². The lowest BCUT2D eigenvalue weighted by Gasteiger charge is -2.13. The molecule has 3 aromatic rings. The zero-order chi connectivity index (χ0) is 24.2. The van der Waals surface area contributed by atoms with Crippen molar-refractivity contribution in [2.24, 2.45) is 0 Å². The van der Waals surface area contributed by atoms with E-state index in [-0.39, 0.29) is 22.0 Å². The fraction of sp³-hybridized carbons (Fsp3) is 0.208. The Hall–Kier alpha value is -3.23. The largest absolute Gasteiger partial charge is 0.497 e. The summed E-state index contributed by atoms with van der Waals surface area (Å²) < 4.78 is 38.9. The average Bonchev–Trinajstić information content (AvgIpc) is 2.79. The topological polar surface area (TPSA) is 93.7 Å². The molecule has 0 saturated heterocycles. The summed E-state index contributed by atoms with van der Waals surface area (Å²) in [6, 6.07) is 14.5. The fourth-order valence-electron chi connectivity index (χ4n) is 3.16. The molecule has 2 N–H and O–H groups in total. The van der Waals surface area contributed by atoms with Crippen molar-refractivity contribution in [3.63, 3.8) is 0 Å². The predicted octanol–water partition coefficient (Wildman–Crippen LogP) is 4.70. The number of nitrogens with one attached hydrogen (secondary N) is 2. The molecular weight excluding hydrogens is 464 g/mol. The Labute approximate surface area is 198 Å². The van der Waals surface area contributed by atoms with E-state index in [2.05, 4.69) is 10.0 Å². The number of sulfonamides is 1. The summed E-state index contributed by atoms with van der Waals surface area (Å²) in [5.74, 6) is 0.674. The Bertz CT molecular complexity index is 1290. The predicted molar refractivity (Wildman–Crippen MR) is 129 cm³/mol. The van der Waals surface area contributed by atoms with Crippen molar-refractivity contribution in [1.29, 1.82) is 0 Å². The number of amides is 1. The quantitative estimate of drug-likeness (QED) is 0.479. The molecule has 0 aliphatic carbocycles. The first-order valence-electron chi connectivity index (χ1n) is 10.0. The Morgan fingerprint density at radius 1 is 0.939 bits per heavy atom. The monoisotopic (exact) mass is 488 g/mol. The summed E-state index contributed by atoms with van der Waals surface area (Å²) in [6.45, 7) is 3.97. The van der Waals surface area contributed by atoms with Gasteiger partial charge in [-0.05, 0) is 73.5 Å². The molecule has 0 fully saturated rings.